The van der Waals surface area contributed by atoms with E-state index in [1.165, 1.54) is 0 Å². The van der Waals surface area contributed by atoms with Gasteiger partial charge in [0.05, 0.1) is 11.6 Å². The van der Waals surface area contributed by atoms with E-state index in [1.54, 1.807) is 29.7 Å². The van der Waals surface area contributed by atoms with Crippen molar-refractivity contribution in [2.24, 2.45) is 12.5 Å². The Kier molecular flexibility index (Phi) is 3.71. The number of hydrogen-bond acceptors (Lipinski definition) is 3. The summed E-state index contributed by atoms with van der Waals surface area (Å²) in [6, 6.07) is 3.76. The van der Waals surface area contributed by atoms with E-state index in [1.807, 2.05) is 29.1 Å². The van der Waals surface area contributed by atoms with E-state index in [4.69, 9.17) is 0 Å². The quantitative estimate of drug-likeness (QED) is 0.931. The Bertz CT molecular complexity index is 735. The predicted molar refractivity (Wildman–Crippen MR) is 83.4 cm³/mol. The van der Waals surface area contributed by atoms with Gasteiger partial charge in [0, 0.05) is 32.5 Å². The van der Waals surface area contributed by atoms with Crippen molar-refractivity contribution in [2.45, 2.75) is 19.8 Å². The molecule has 122 valence electrons. The SMILES string of the molecule is Cn1ncc(C(=O)N2CCCC(C)(C(=O)O)C2)c1-n1cccc1. The Morgan fingerprint density at radius 3 is 2.65 bits per heavy atom. The normalized spacial score (nSPS) is 21.4. The Balaban J connectivity index is 1.91. The van der Waals surface area contributed by atoms with Gasteiger partial charge in [-0.15, -0.1) is 0 Å². The highest BCUT2D eigenvalue weighted by Crippen LogP contribution is 2.31. The Morgan fingerprint density at radius 2 is 2.00 bits per heavy atom. The van der Waals surface area contributed by atoms with Gasteiger partial charge in [-0.2, -0.15) is 5.10 Å². The predicted octanol–water partition coefficient (Wildman–Crippen LogP) is 1.54. The summed E-state index contributed by atoms with van der Waals surface area (Å²) in [5.41, 5.74) is -0.401. The summed E-state index contributed by atoms with van der Waals surface area (Å²) in [6.45, 7) is 2.49. The minimum absolute atomic E-state index is 0.172. The molecule has 0 aliphatic carbocycles. The third-order valence-electron chi connectivity index (χ3n) is 4.49. The van der Waals surface area contributed by atoms with Crippen LogP contribution in [0.2, 0.25) is 0 Å². The lowest BCUT2D eigenvalue weighted by Crippen LogP contribution is -2.48. The first-order valence-electron chi connectivity index (χ1n) is 7.60. The standard InChI is InChI=1S/C16H20N4O3/c1-16(15(22)23)6-5-9-20(11-16)14(21)12-10-17-18(2)13(12)19-7-3-4-8-19/h3-4,7-8,10H,5-6,9,11H2,1-2H3,(H,22,23). The van der Waals surface area contributed by atoms with Crippen LogP contribution in [0.3, 0.4) is 0 Å². The summed E-state index contributed by atoms with van der Waals surface area (Å²) in [5, 5.41) is 13.6. The Hall–Kier alpha value is -2.57. The van der Waals surface area contributed by atoms with Crippen LogP contribution in [0.4, 0.5) is 0 Å². The number of rotatable bonds is 3. The number of carbonyl (C=O) groups is 2. The molecule has 1 aliphatic heterocycles. The molecule has 1 unspecified atom stereocenters. The molecule has 1 fully saturated rings. The van der Waals surface area contributed by atoms with Gasteiger partial charge >= 0.3 is 5.97 Å². The van der Waals surface area contributed by atoms with Crippen molar-refractivity contribution < 1.29 is 14.7 Å². The number of carboxylic acids is 1. The fourth-order valence-electron chi connectivity index (χ4n) is 3.12. The van der Waals surface area contributed by atoms with E-state index >= 15 is 0 Å². The highest BCUT2D eigenvalue weighted by Gasteiger charge is 2.40. The van der Waals surface area contributed by atoms with Gasteiger partial charge in [0.25, 0.3) is 5.91 Å². The monoisotopic (exact) mass is 316 g/mol. The highest BCUT2D eigenvalue weighted by atomic mass is 16.4. The van der Waals surface area contributed by atoms with E-state index in [2.05, 4.69) is 5.10 Å². The van der Waals surface area contributed by atoms with Crippen molar-refractivity contribution in [3.05, 3.63) is 36.3 Å². The van der Waals surface area contributed by atoms with Gasteiger partial charge in [-0.3, -0.25) is 14.3 Å². The van der Waals surface area contributed by atoms with Crippen LogP contribution >= 0.6 is 0 Å². The van der Waals surface area contributed by atoms with Gasteiger partial charge in [0.1, 0.15) is 11.4 Å². The molecule has 3 rings (SSSR count). The lowest BCUT2D eigenvalue weighted by Gasteiger charge is -2.37. The molecule has 0 spiro atoms. The summed E-state index contributed by atoms with van der Waals surface area (Å²) in [5.74, 6) is -0.344. The number of carboxylic acid groups (broad SMARTS) is 1. The zero-order valence-corrected chi connectivity index (χ0v) is 13.3. The molecule has 7 nitrogen and oxygen atoms in total. The van der Waals surface area contributed by atoms with E-state index in [-0.39, 0.29) is 12.5 Å². The van der Waals surface area contributed by atoms with Crippen LogP contribution in [0.25, 0.3) is 5.82 Å². The van der Waals surface area contributed by atoms with Crippen LogP contribution in [-0.4, -0.2) is 49.3 Å². The maximum absolute atomic E-state index is 12.9. The fraction of sp³-hybridized carbons (Fsp3) is 0.438. The molecule has 1 saturated heterocycles. The minimum Gasteiger partial charge on any atom is -0.481 e. The number of aliphatic carboxylic acids is 1. The summed E-state index contributed by atoms with van der Waals surface area (Å²) in [6.07, 6.45) is 6.53. The fourth-order valence-corrected chi connectivity index (χ4v) is 3.12. The molecule has 2 aromatic heterocycles. The molecule has 3 heterocycles. The zero-order chi connectivity index (χ0) is 16.6. The Labute approximate surface area is 134 Å². The van der Waals surface area contributed by atoms with Gasteiger partial charge in [-0.1, -0.05) is 0 Å². The summed E-state index contributed by atoms with van der Waals surface area (Å²) < 4.78 is 3.48. The molecule has 7 heteroatoms. The number of aromatic nitrogens is 3. The largest absolute Gasteiger partial charge is 0.481 e. The zero-order valence-electron chi connectivity index (χ0n) is 13.3. The lowest BCUT2D eigenvalue weighted by atomic mass is 9.82. The molecule has 0 aromatic carbocycles. The van der Waals surface area contributed by atoms with Crippen LogP contribution < -0.4 is 0 Å². The van der Waals surface area contributed by atoms with Crippen molar-refractivity contribution in [3.8, 4) is 5.82 Å². The molecule has 1 atom stereocenters. The first-order valence-corrected chi connectivity index (χ1v) is 7.60. The molecule has 1 amide bonds. The van der Waals surface area contributed by atoms with Crippen LogP contribution in [0, 0.1) is 5.41 Å². The van der Waals surface area contributed by atoms with E-state index in [9.17, 15) is 14.7 Å². The van der Waals surface area contributed by atoms with Gasteiger partial charge in [-0.25, -0.2) is 0 Å². The van der Waals surface area contributed by atoms with Crippen molar-refractivity contribution in [2.75, 3.05) is 13.1 Å². The van der Waals surface area contributed by atoms with Crippen LogP contribution in [0.1, 0.15) is 30.1 Å². The maximum atomic E-state index is 12.9. The average molecular weight is 316 g/mol. The summed E-state index contributed by atoms with van der Waals surface area (Å²) >= 11 is 0. The van der Waals surface area contributed by atoms with E-state index < -0.39 is 11.4 Å². The lowest BCUT2D eigenvalue weighted by molar-refractivity contribution is -0.150. The molecule has 23 heavy (non-hydrogen) atoms. The second kappa shape index (κ2) is 5.57. The van der Waals surface area contributed by atoms with Gasteiger partial charge in [0.2, 0.25) is 0 Å². The number of amides is 1. The molecule has 1 N–H and O–H groups in total. The van der Waals surface area contributed by atoms with Crippen LogP contribution in [0.15, 0.2) is 30.7 Å². The number of aryl methyl sites for hydroxylation is 1. The Morgan fingerprint density at radius 1 is 1.30 bits per heavy atom. The number of carbonyl (C=O) groups excluding carboxylic acids is 1. The van der Waals surface area contributed by atoms with Crippen molar-refractivity contribution >= 4 is 11.9 Å². The maximum Gasteiger partial charge on any atom is 0.311 e. The first-order chi connectivity index (χ1) is 10.9. The smallest absolute Gasteiger partial charge is 0.311 e. The number of piperidine rings is 1. The summed E-state index contributed by atoms with van der Waals surface area (Å²) in [7, 11) is 1.78. The minimum atomic E-state index is -0.885. The van der Waals surface area contributed by atoms with Crippen LogP contribution in [0.5, 0.6) is 0 Å². The first kappa shape index (κ1) is 15.3. The molecule has 2 aromatic rings. The summed E-state index contributed by atoms with van der Waals surface area (Å²) in [4.78, 5) is 26.0. The molecule has 0 radical (unpaired) electrons. The van der Waals surface area contributed by atoms with Gasteiger partial charge in [-0.05, 0) is 31.9 Å². The molecular formula is C16H20N4O3. The van der Waals surface area contributed by atoms with Crippen LogP contribution in [-0.2, 0) is 11.8 Å². The second-order valence-corrected chi connectivity index (χ2v) is 6.29. The molecule has 0 bridgehead atoms. The van der Waals surface area contributed by atoms with E-state index in [0.717, 1.165) is 0 Å². The molecule has 0 saturated carbocycles. The average Bonchev–Trinajstić information content (AvgIpc) is 3.15. The third kappa shape index (κ3) is 2.62. The van der Waals surface area contributed by atoms with Gasteiger partial charge in [0.15, 0.2) is 0 Å². The van der Waals surface area contributed by atoms with Gasteiger partial charge < -0.3 is 14.6 Å². The van der Waals surface area contributed by atoms with Crippen molar-refractivity contribution in [1.29, 1.82) is 0 Å². The van der Waals surface area contributed by atoms with Crippen molar-refractivity contribution in [3.63, 3.8) is 0 Å². The number of likely N-dealkylation sites (tertiary alicyclic amines) is 1. The van der Waals surface area contributed by atoms with Crippen molar-refractivity contribution in [1.82, 2.24) is 19.2 Å². The van der Waals surface area contributed by atoms with E-state index in [0.29, 0.717) is 30.8 Å². The highest BCUT2D eigenvalue weighted by molar-refractivity contribution is 5.97. The number of nitrogens with zero attached hydrogens (tertiary/aromatic N) is 4. The molecular weight excluding hydrogens is 296 g/mol. The second-order valence-electron chi connectivity index (χ2n) is 6.29. The molecule has 1 aliphatic rings. The number of hydrogen-bond donors (Lipinski definition) is 1. The topological polar surface area (TPSA) is 80.4 Å². The third-order valence-corrected chi connectivity index (χ3v) is 4.49.